The molecule has 0 aliphatic carbocycles. The van der Waals surface area contributed by atoms with Crippen molar-refractivity contribution in [2.24, 2.45) is 0 Å². The summed E-state index contributed by atoms with van der Waals surface area (Å²) < 4.78 is 0. The number of anilines is 1. The van der Waals surface area contributed by atoms with Gasteiger partial charge in [-0.3, -0.25) is 9.59 Å². The van der Waals surface area contributed by atoms with E-state index >= 15 is 0 Å². The molecule has 3 heterocycles. The predicted octanol–water partition coefficient (Wildman–Crippen LogP) is 4.48. The fourth-order valence-electron chi connectivity index (χ4n) is 3.61. The highest BCUT2D eigenvalue weighted by atomic mass is 35.5. The van der Waals surface area contributed by atoms with E-state index in [-0.39, 0.29) is 11.8 Å². The maximum atomic E-state index is 13.4. The highest BCUT2D eigenvalue weighted by molar-refractivity contribution is 7.11. The third kappa shape index (κ3) is 2.85. The summed E-state index contributed by atoms with van der Waals surface area (Å²) >= 11 is 7.63. The van der Waals surface area contributed by atoms with Crippen LogP contribution in [0.4, 0.5) is 5.69 Å². The number of carbonyl (C=O) groups is 2. The van der Waals surface area contributed by atoms with Gasteiger partial charge in [0.2, 0.25) is 0 Å². The molecule has 0 saturated carbocycles. The molecule has 0 unspecified atom stereocenters. The summed E-state index contributed by atoms with van der Waals surface area (Å²) in [6.45, 7) is 3.51. The van der Waals surface area contributed by atoms with Gasteiger partial charge in [-0.1, -0.05) is 23.7 Å². The molecular formula is C20H19ClN2O2S. The van der Waals surface area contributed by atoms with E-state index in [0.717, 1.165) is 42.8 Å². The smallest absolute Gasteiger partial charge is 0.282 e. The highest BCUT2D eigenvalue weighted by Gasteiger charge is 2.43. The summed E-state index contributed by atoms with van der Waals surface area (Å²) in [6, 6.07) is 9.11. The molecule has 2 amide bonds. The Morgan fingerprint density at radius 2 is 1.81 bits per heavy atom. The van der Waals surface area contributed by atoms with Crippen LogP contribution in [0.3, 0.4) is 0 Å². The minimum Gasteiger partial charge on any atom is -0.366 e. The van der Waals surface area contributed by atoms with Crippen molar-refractivity contribution in [2.45, 2.75) is 26.2 Å². The summed E-state index contributed by atoms with van der Waals surface area (Å²) in [5.74, 6) is -0.506. The van der Waals surface area contributed by atoms with E-state index in [0.29, 0.717) is 22.0 Å². The number of hydrogen-bond donors (Lipinski definition) is 0. The molecule has 1 saturated heterocycles. The van der Waals surface area contributed by atoms with Crippen molar-refractivity contribution in [3.05, 3.63) is 56.9 Å². The van der Waals surface area contributed by atoms with Crippen molar-refractivity contribution in [2.75, 3.05) is 18.0 Å². The quantitative estimate of drug-likeness (QED) is 0.730. The number of halogens is 1. The van der Waals surface area contributed by atoms with Crippen molar-refractivity contribution in [1.82, 2.24) is 4.90 Å². The molecule has 0 radical (unpaired) electrons. The molecule has 4 rings (SSSR count). The van der Waals surface area contributed by atoms with Gasteiger partial charge in [0.25, 0.3) is 11.8 Å². The van der Waals surface area contributed by atoms with Crippen LogP contribution in [-0.2, 0) is 9.59 Å². The minimum absolute atomic E-state index is 0.245. The predicted molar refractivity (Wildman–Crippen MR) is 105 cm³/mol. The van der Waals surface area contributed by atoms with Gasteiger partial charge in [0.1, 0.15) is 5.70 Å². The number of likely N-dealkylation sites (tertiary alicyclic amines) is 1. The number of piperidine rings is 1. The number of benzene rings is 1. The third-order valence-electron chi connectivity index (χ3n) is 4.91. The fourth-order valence-corrected chi connectivity index (χ4v) is 4.54. The monoisotopic (exact) mass is 386 g/mol. The molecule has 0 N–H and O–H groups in total. The zero-order valence-electron chi connectivity index (χ0n) is 14.5. The third-order valence-corrected chi connectivity index (χ3v) is 6.03. The molecule has 6 heteroatoms. The van der Waals surface area contributed by atoms with Gasteiger partial charge in [-0.2, -0.15) is 0 Å². The van der Waals surface area contributed by atoms with Crippen molar-refractivity contribution in [3.8, 4) is 0 Å². The molecule has 2 aromatic rings. The topological polar surface area (TPSA) is 40.6 Å². The first-order valence-electron chi connectivity index (χ1n) is 8.76. The van der Waals surface area contributed by atoms with Crippen LogP contribution in [0.1, 0.15) is 29.7 Å². The number of nitrogens with zero attached hydrogens (tertiary/aromatic N) is 2. The van der Waals surface area contributed by atoms with Gasteiger partial charge in [-0.25, -0.2) is 4.90 Å². The molecule has 0 bridgehead atoms. The molecule has 2 aliphatic heterocycles. The van der Waals surface area contributed by atoms with Crippen LogP contribution >= 0.6 is 22.9 Å². The van der Waals surface area contributed by atoms with Gasteiger partial charge in [0.05, 0.1) is 11.3 Å². The van der Waals surface area contributed by atoms with Crippen LogP contribution in [-0.4, -0.2) is 29.8 Å². The molecule has 2 aliphatic rings. The normalized spacial score (nSPS) is 18.2. The van der Waals surface area contributed by atoms with Crippen molar-refractivity contribution < 1.29 is 9.59 Å². The number of amides is 2. The van der Waals surface area contributed by atoms with E-state index in [1.807, 2.05) is 30.5 Å². The Labute approximate surface area is 161 Å². The molecule has 1 aromatic carbocycles. The molecule has 0 spiro atoms. The number of hydrogen-bond acceptors (Lipinski definition) is 4. The van der Waals surface area contributed by atoms with Crippen molar-refractivity contribution in [1.29, 1.82) is 0 Å². The lowest BCUT2D eigenvalue weighted by molar-refractivity contribution is -0.120. The van der Waals surface area contributed by atoms with E-state index < -0.39 is 0 Å². The summed E-state index contributed by atoms with van der Waals surface area (Å²) in [5.41, 5.74) is 2.47. The second kappa shape index (κ2) is 6.89. The van der Waals surface area contributed by atoms with Gasteiger partial charge in [-0.15, -0.1) is 11.3 Å². The first kappa shape index (κ1) is 17.3. The van der Waals surface area contributed by atoms with E-state index in [1.54, 1.807) is 12.1 Å². The number of rotatable bonds is 3. The van der Waals surface area contributed by atoms with E-state index in [9.17, 15) is 9.59 Å². The molecule has 134 valence electrons. The molecule has 0 atom stereocenters. The average Bonchev–Trinajstić information content (AvgIpc) is 3.24. The van der Waals surface area contributed by atoms with E-state index in [1.165, 1.54) is 16.2 Å². The fraction of sp³-hybridized carbons (Fsp3) is 0.300. The Kier molecular flexibility index (Phi) is 4.59. The minimum atomic E-state index is -0.261. The number of carbonyl (C=O) groups excluding carboxylic acids is 2. The van der Waals surface area contributed by atoms with E-state index in [2.05, 4.69) is 4.90 Å². The molecule has 26 heavy (non-hydrogen) atoms. The lowest BCUT2D eigenvalue weighted by Gasteiger charge is -2.29. The van der Waals surface area contributed by atoms with Gasteiger partial charge in [0, 0.05) is 23.0 Å². The number of aryl methyl sites for hydroxylation is 1. The average molecular weight is 387 g/mol. The highest BCUT2D eigenvalue weighted by Crippen LogP contribution is 2.38. The Morgan fingerprint density at radius 1 is 1.04 bits per heavy atom. The summed E-state index contributed by atoms with van der Waals surface area (Å²) in [7, 11) is 0. The Morgan fingerprint density at radius 3 is 2.50 bits per heavy atom. The molecular weight excluding hydrogens is 368 g/mol. The van der Waals surface area contributed by atoms with Crippen LogP contribution in [0, 0.1) is 6.92 Å². The second-order valence-corrected chi connectivity index (χ2v) is 8.01. The zero-order valence-corrected chi connectivity index (χ0v) is 16.1. The largest absolute Gasteiger partial charge is 0.366 e. The molecule has 1 fully saturated rings. The van der Waals surface area contributed by atoms with Crippen molar-refractivity contribution in [3.63, 3.8) is 0 Å². The van der Waals surface area contributed by atoms with Crippen LogP contribution in [0.25, 0.3) is 5.57 Å². The van der Waals surface area contributed by atoms with Crippen LogP contribution in [0.5, 0.6) is 0 Å². The van der Waals surface area contributed by atoms with Crippen LogP contribution < -0.4 is 4.90 Å². The maximum Gasteiger partial charge on any atom is 0.282 e. The lowest BCUT2D eigenvalue weighted by Crippen LogP contribution is -2.37. The Bertz CT molecular complexity index is 899. The first-order valence-corrected chi connectivity index (χ1v) is 10.0. The van der Waals surface area contributed by atoms with Gasteiger partial charge in [-0.05, 0) is 55.3 Å². The number of imide groups is 1. The molecule has 4 nitrogen and oxygen atoms in total. The Balaban J connectivity index is 1.84. The summed E-state index contributed by atoms with van der Waals surface area (Å²) in [5, 5.41) is 2.44. The second-order valence-electron chi connectivity index (χ2n) is 6.63. The SMILES string of the molecule is Cc1ccc(Cl)cc1N1C(=O)C(c2cccs2)=C(N2CCCCC2)C1=O. The molecule has 1 aromatic heterocycles. The standard InChI is InChI=1S/C20H19ClN2O2S/c1-13-7-8-14(21)12-15(13)23-19(24)17(16-6-5-11-26-16)18(20(23)25)22-9-3-2-4-10-22/h5-8,11-12H,2-4,9-10H2,1H3. The summed E-state index contributed by atoms with van der Waals surface area (Å²) in [4.78, 5) is 30.9. The zero-order chi connectivity index (χ0) is 18.3. The van der Waals surface area contributed by atoms with Crippen LogP contribution in [0.2, 0.25) is 5.02 Å². The summed E-state index contributed by atoms with van der Waals surface area (Å²) in [6.07, 6.45) is 3.25. The number of thiophene rings is 1. The van der Waals surface area contributed by atoms with Gasteiger partial charge in [0.15, 0.2) is 0 Å². The lowest BCUT2D eigenvalue weighted by atomic mass is 10.1. The van der Waals surface area contributed by atoms with Gasteiger partial charge < -0.3 is 4.90 Å². The Hall–Kier alpha value is -2.11. The van der Waals surface area contributed by atoms with Crippen molar-refractivity contribution >= 4 is 46.0 Å². The van der Waals surface area contributed by atoms with Crippen LogP contribution in [0.15, 0.2) is 41.4 Å². The van der Waals surface area contributed by atoms with E-state index in [4.69, 9.17) is 11.6 Å². The van der Waals surface area contributed by atoms with Gasteiger partial charge >= 0.3 is 0 Å². The maximum absolute atomic E-state index is 13.4. The first-order chi connectivity index (χ1) is 12.6.